The molecule has 2 N–H and O–H groups in total. The van der Waals surface area contributed by atoms with Gasteiger partial charge in [-0.1, -0.05) is 11.6 Å². The number of aromatic nitrogens is 1. The third-order valence-electron chi connectivity index (χ3n) is 1.08. The van der Waals surface area contributed by atoms with Crippen molar-refractivity contribution in [1.29, 1.82) is 0 Å². The van der Waals surface area contributed by atoms with Gasteiger partial charge in [0.05, 0.1) is 0 Å². The first-order valence-electron chi connectivity index (χ1n) is 2.72. The minimum absolute atomic E-state index is 0.0602. The highest BCUT2D eigenvalue weighted by Gasteiger charge is 2.16. The van der Waals surface area contributed by atoms with Crippen molar-refractivity contribution in [2.45, 2.75) is 0 Å². The number of amides is 1. The molecule has 0 aromatic carbocycles. The zero-order valence-electron chi connectivity index (χ0n) is 5.37. The lowest BCUT2D eigenvalue weighted by molar-refractivity contribution is -0.607. The van der Waals surface area contributed by atoms with Gasteiger partial charge in [0.25, 0.3) is 0 Å². The zero-order chi connectivity index (χ0) is 8.43. The van der Waals surface area contributed by atoms with Crippen LogP contribution in [0, 0.1) is 11.3 Å². The van der Waals surface area contributed by atoms with Crippen LogP contribution in [0.3, 0.4) is 0 Å². The van der Waals surface area contributed by atoms with E-state index in [1.54, 1.807) is 0 Å². The molecule has 0 aliphatic rings. The van der Waals surface area contributed by atoms with E-state index < -0.39 is 5.91 Å². The van der Waals surface area contributed by atoms with Crippen molar-refractivity contribution in [2.75, 3.05) is 0 Å². The fourth-order valence-corrected chi connectivity index (χ4v) is 0.874. The van der Waals surface area contributed by atoms with Crippen LogP contribution >= 0.6 is 11.6 Å². The molecule has 0 fully saturated rings. The fraction of sp³-hybridized carbons (Fsp3) is 0. The van der Waals surface area contributed by atoms with Crippen molar-refractivity contribution in [3.05, 3.63) is 34.3 Å². The summed E-state index contributed by atoms with van der Waals surface area (Å²) in [6, 6.07) is 3.77. The van der Waals surface area contributed by atoms with E-state index in [-0.39, 0.29) is 10.7 Å². The van der Waals surface area contributed by atoms with Crippen molar-refractivity contribution in [3.63, 3.8) is 0 Å². The number of hydrogen-bond donors (Lipinski definition) is 1. The molecule has 0 saturated carbocycles. The van der Waals surface area contributed by atoms with Crippen LogP contribution in [0.25, 0.3) is 0 Å². The van der Waals surface area contributed by atoms with Gasteiger partial charge in [-0.2, -0.15) is 4.73 Å². The maximum atomic E-state index is 10.8. The van der Waals surface area contributed by atoms with Gasteiger partial charge in [-0.25, -0.2) is 0 Å². The summed E-state index contributed by atoms with van der Waals surface area (Å²) in [4.78, 5) is 10.5. The molecule has 1 heterocycles. The molecule has 1 rings (SSSR count). The highest BCUT2D eigenvalue weighted by atomic mass is 35.5. The second kappa shape index (κ2) is 2.75. The average molecular weight is 172 g/mol. The molecule has 0 bridgehead atoms. The summed E-state index contributed by atoms with van der Waals surface area (Å²) < 4.78 is 0.307. The molecule has 1 amide bonds. The third kappa shape index (κ3) is 1.40. The summed E-state index contributed by atoms with van der Waals surface area (Å²) in [5.41, 5.74) is 4.57. The minimum Gasteiger partial charge on any atom is -0.618 e. The molecule has 11 heavy (non-hydrogen) atoms. The van der Waals surface area contributed by atoms with Crippen LogP contribution in [0.1, 0.15) is 10.5 Å². The molecule has 5 heteroatoms. The Bertz CT molecular complexity index is 280. The number of hydrogen-bond acceptors (Lipinski definition) is 2. The monoisotopic (exact) mass is 171 g/mol. The molecule has 0 spiro atoms. The Hall–Kier alpha value is -1.29. The van der Waals surface area contributed by atoms with E-state index in [9.17, 15) is 10.0 Å². The predicted octanol–water partition coefficient (Wildman–Crippen LogP) is -0.128. The molecule has 0 unspecified atom stereocenters. The summed E-state index contributed by atoms with van der Waals surface area (Å²) in [7, 11) is 0. The average Bonchev–Trinajstić information content (AvgIpc) is 1.85. The van der Waals surface area contributed by atoms with Crippen LogP contribution < -0.4 is 10.5 Å². The SMILES string of the molecule is NC(=O)c1c(Cl)[c]cc[n+]1[O-]. The van der Waals surface area contributed by atoms with Crippen LogP contribution in [0.5, 0.6) is 0 Å². The van der Waals surface area contributed by atoms with Gasteiger partial charge in [-0.15, -0.1) is 0 Å². The van der Waals surface area contributed by atoms with E-state index in [1.165, 1.54) is 6.07 Å². The van der Waals surface area contributed by atoms with E-state index in [2.05, 4.69) is 6.07 Å². The number of primary amides is 1. The van der Waals surface area contributed by atoms with Crippen molar-refractivity contribution >= 4 is 17.5 Å². The molecule has 0 aliphatic carbocycles. The molecule has 0 saturated heterocycles. The molecule has 1 aromatic heterocycles. The maximum Gasteiger partial charge on any atom is 0.316 e. The van der Waals surface area contributed by atoms with Crippen LogP contribution in [0.4, 0.5) is 0 Å². The van der Waals surface area contributed by atoms with Gasteiger partial charge in [0.1, 0.15) is 5.02 Å². The van der Waals surface area contributed by atoms with Gasteiger partial charge < -0.3 is 10.9 Å². The predicted molar refractivity (Wildman–Crippen MR) is 37.8 cm³/mol. The zero-order valence-corrected chi connectivity index (χ0v) is 6.13. The molecular formula is C6H4ClN2O2. The Morgan fingerprint density at radius 1 is 1.82 bits per heavy atom. The van der Waals surface area contributed by atoms with Gasteiger partial charge in [-0.05, 0) is 0 Å². The quantitative estimate of drug-likeness (QED) is 0.473. The number of pyridine rings is 1. The summed E-state index contributed by atoms with van der Waals surface area (Å²) in [6.07, 6.45) is 1.10. The van der Waals surface area contributed by atoms with Crippen LogP contribution in [0.15, 0.2) is 12.3 Å². The van der Waals surface area contributed by atoms with E-state index in [0.29, 0.717) is 4.73 Å². The first kappa shape index (κ1) is 7.81. The lowest BCUT2D eigenvalue weighted by Crippen LogP contribution is -2.37. The Kier molecular flexibility index (Phi) is 1.96. The van der Waals surface area contributed by atoms with Crippen LogP contribution in [-0.2, 0) is 0 Å². The fourth-order valence-electron chi connectivity index (χ4n) is 0.635. The van der Waals surface area contributed by atoms with Gasteiger partial charge in [0, 0.05) is 12.1 Å². The maximum absolute atomic E-state index is 10.8. The molecule has 0 atom stereocenters. The molecule has 1 aromatic rings. The molecule has 0 aliphatic heterocycles. The standard InChI is InChI=1S/C6H4ClN2O2/c7-4-2-1-3-9(11)5(4)6(8)10/h1,3H,(H2,8,10). The number of carbonyl (C=O) groups is 1. The lowest BCUT2D eigenvalue weighted by Gasteiger charge is -2.00. The lowest BCUT2D eigenvalue weighted by atomic mass is 10.3. The number of rotatable bonds is 1. The molecule has 4 nitrogen and oxygen atoms in total. The summed E-state index contributed by atoms with van der Waals surface area (Å²) in [6.45, 7) is 0. The Morgan fingerprint density at radius 3 is 2.82 bits per heavy atom. The second-order valence-electron chi connectivity index (χ2n) is 1.81. The highest BCUT2D eigenvalue weighted by molar-refractivity contribution is 6.33. The Morgan fingerprint density at radius 2 is 2.45 bits per heavy atom. The summed E-state index contributed by atoms with van der Waals surface area (Å²) in [5, 5.41) is 10.7. The Balaban J connectivity index is 3.32. The van der Waals surface area contributed by atoms with Gasteiger partial charge in [0.15, 0.2) is 6.20 Å². The molecular weight excluding hydrogens is 168 g/mol. The molecule has 1 radical (unpaired) electrons. The van der Waals surface area contributed by atoms with E-state index >= 15 is 0 Å². The normalized spacial score (nSPS) is 9.55. The van der Waals surface area contributed by atoms with Crippen LogP contribution in [-0.4, -0.2) is 5.91 Å². The summed E-state index contributed by atoms with van der Waals surface area (Å²) in [5.74, 6) is -0.859. The van der Waals surface area contributed by atoms with Crippen molar-refractivity contribution in [1.82, 2.24) is 0 Å². The van der Waals surface area contributed by atoms with Gasteiger partial charge in [-0.3, -0.25) is 4.79 Å². The number of nitrogens with zero attached hydrogens (tertiary/aromatic N) is 1. The second-order valence-corrected chi connectivity index (χ2v) is 2.19. The van der Waals surface area contributed by atoms with Gasteiger partial charge in [0.2, 0.25) is 0 Å². The van der Waals surface area contributed by atoms with E-state index in [1.807, 2.05) is 0 Å². The Labute approximate surface area is 67.8 Å². The molecule has 57 valence electrons. The minimum atomic E-state index is -0.859. The van der Waals surface area contributed by atoms with E-state index in [4.69, 9.17) is 17.3 Å². The van der Waals surface area contributed by atoms with Crippen LogP contribution in [0.2, 0.25) is 5.02 Å². The van der Waals surface area contributed by atoms with Crippen molar-refractivity contribution < 1.29 is 9.52 Å². The van der Waals surface area contributed by atoms with E-state index in [0.717, 1.165) is 6.20 Å². The third-order valence-corrected chi connectivity index (χ3v) is 1.37. The number of halogens is 1. The van der Waals surface area contributed by atoms with Crippen molar-refractivity contribution in [2.24, 2.45) is 5.73 Å². The van der Waals surface area contributed by atoms with Gasteiger partial charge >= 0.3 is 11.6 Å². The smallest absolute Gasteiger partial charge is 0.316 e. The first-order chi connectivity index (χ1) is 5.13. The first-order valence-corrected chi connectivity index (χ1v) is 3.10. The van der Waals surface area contributed by atoms with Crippen molar-refractivity contribution in [3.8, 4) is 0 Å². The number of carbonyl (C=O) groups excluding carboxylic acids is 1. The summed E-state index contributed by atoms with van der Waals surface area (Å²) >= 11 is 5.45. The largest absolute Gasteiger partial charge is 0.618 e. The topological polar surface area (TPSA) is 70.0 Å². The highest BCUT2D eigenvalue weighted by Crippen LogP contribution is 2.08. The number of nitrogens with two attached hydrogens (primary N) is 1.